The van der Waals surface area contributed by atoms with Crippen molar-refractivity contribution in [3.8, 4) is 0 Å². The Labute approximate surface area is 72.4 Å². The molecule has 1 aromatic carbocycles. The molecule has 0 spiro atoms. The molecular formula is C10H14FN. The van der Waals surface area contributed by atoms with Crippen molar-refractivity contribution in [1.29, 1.82) is 0 Å². The Hall–Kier alpha value is -0.890. The molecule has 0 bridgehead atoms. The van der Waals surface area contributed by atoms with Crippen molar-refractivity contribution in [3.63, 3.8) is 0 Å². The zero-order valence-electron chi connectivity index (χ0n) is 7.09. The Morgan fingerprint density at radius 3 is 2.17 bits per heavy atom. The van der Waals surface area contributed by atoms with Gasteiger partial charge in [0, 0.05) is 0 Å². The summed E-state index contributed by atoms with van der Waals surface area (Å²) in [6.45, 7) is 0.335. The summed E-state index contributed by atoms with van der Waals surface area (Å²) in [4.78, 5) is 0. The van der Waals surface area contributed by atoms with Crippen LogP contribution in [0.1, 0.15) is 17.5 Å². The van der Waals surface area contributed by atoms with Crippen LogP contribution in [0.4, 0.5) is 4.39 Å². The topological polar surface area (TPSA) is 26.0 Å². The predicted molar refractivity (Wildman–Crippen MR) is 48.6 cm³/mol. The Bertz CT molecular complexity index is 218. The zero-order chi connectivity index (χ0) is 8.81. The average Bonchev–Trinajstić information content (AvgIpc) is 2.15. The standard InChI is InChI=1S/C10H14FN/c11-8-10-5-3-9(4-6-10)2-1-7-12/h3-6H,1-2,7-8,12H2. The van der Waals surface area contributed by atoms with Gasteiger partial charge in [-0.2, -0.15) is 0 Å². The van der Waals surface area contributed by atoms with Crippen LogP contribution in [0.25, 0.3) is 0 Å². The highest BCUT2D eigenvalue weighted by atomic mass is 19.1. The molecule has 0 radical (unpaired) electrons. The first-order chi connectivity index (χ1) is 5.86. The SMILES string of the molecule is NCCCc1ccc(CF)cc1. The van der Waals surface area contributed by atoms with E-state index in [9.17, 15) is 4.39 Å². The molecule has 0 aliphatic heterocycles. The molecule has 0 fully saturated rings. The summed E-state index contributed by atoms with van der Waals surface area (Å²) < 4.78 is 12.1. The van der Waals surface area contributed by atoms with E-state index in [1.54, 1.807) is 0 Å². The average molecular weight is 167 g/mol. The summed E-state index contributed by atoms with van der Waals surface area (Å²) in [6.07, 6.45) is 1.98. The third kappa shape index (κ3) is 2.62. The van der Waals surface area contributed by atoms with Crippen LogP contribution < -0.4 is 5.73 Å². The smallest absolute Gasteiger partial charge is 0.115 e. The molecule has 0 saturated carbocycles. The number of nitrogens with two attached hydrogens (primary N) is 1. The summed E-state index contributed by atoms with van der Waals surface area (Å²) in [7, 11) is 0. The maximum Gasteiger partial charge on any atom is 0.115 e. The minimum Gasteiger partial charge on any atom is -0.330 e. The van der Waals surface area contributed by atoms with E-state index in [-0.39, 0.29) is 6.67 Å². The summed E-state index contributed by atoms with van der Waals surface area (Å²) in [5.74, 6) is 0. The molecule has 0 heterocycles. The summed E-state index contributed by atoms with van der Waals surface area (Å²) >= 11 is 0. The maximum atomic E-state index is 12.1. The molecule has 1 aromatic rings. The van der Waals surface area contributed by atoms with Gasteiger partial charge in [-0.15, -0.1) is 0 Å². The second-order valence-electron chi connectivity index (χ2n) is 2.84. The lowest BCUT2D eigenvalue weighted by Gasteiger charge is -1.99. The van der Waals surface area contributed by atoms with Gasteiger partial charge in [-0.25, -0.2) is 4.39 Å². The van der Waals surface area contributed by atoms with Gasteiger partial charge in [0.25, 0.3) is 0 Å². The number of rotatable bonds is 4. The third-order valence-electron chi connectivity index (χ3n) is 1.85. The minimum atomic E-state index is -0.378. The highest BCUT2D eigenvalue weighted by Gasteiger charge is 1.93. The maximum absolute atomic E-state index is 12.1. The van der Waals surface area contributed by atoms with Gasteiger partial charge in [0.1, 0.15) is 6.67 Å². The van der Waals surface area contributed by atoms with Gasteiger partial charge in [0.2, 0.25) is 0 Å². The number of hydrogen-bond donors (Lipinski definition) is 1. The first-order valence-corrected chi connectivity index (χ1v) is 4.20. The highest BCUT2D eigenvalue weighted by Crippen LogP contribution is 2.07. The number of alkyl halides is 1. The van der Waals surface area contributed by atoms with Crippen LogP contribution in [0.5, 0.6) is 0 Å². The molecule has 2 N–H and O–H groups in total. The molecule has 2 heteroatoms. The van der Waals surface area contributed by atoms with Gasteiger partial charge < -0.3 is 5.73 Å². The number of halogens is 1. The number of benzene rings is 1. The molecular weight excluding hydrogens is 153 g/mol. The molecule has 0 saturated heterocycles. The van der Waals surface area contributed by atoms with Crippen molar-refractivity contribution in [2.75, 3.05) is 6.54 Å². The molecule has 0 amide bonds. The van der Waals surface area contributed by atoms with Gasteiger partial charge in [-0.3, -0.25) is 0 Å². The third-order valence-corrected chi connectivity index (χ3v) is 1.85. The van der Waals surface area contributed by atoms with E-state index in [4.69, 9.17) is 5.73 Å². The second kappa shape index (κ2) is 4.88. The highest BCUT2D eigenvalue weighted by molar-refractivity contribution is 5.21. The van der Waals surface area contributed by atoms with Crippen LogP contribution in [-0.2, 0) is 13.1 Å². The van der Waals surface area contributed by atoms with E-state index in [2.05, 4.69) is 0 Å². The van der Waals surface area contributed by atoms with Crippen LogP contribution >= 0.6 is 0 Å². The second-order valence-corrected chi connectivity index (χ2v) is 2.84. The van der Waals surface area contributed by atoms with E-state index in [1.165, 1.54) is 5.56 Å². The molecule has 0 atom stereocenters. The van der Waals surface area contributed by atoms with Crippen molar-refractivity contribution >= 4 is 0 Å². The molecule has 12 heavy (non-hydrogen) atoms. The van der Waals surface area contributed by atoms with E-state index in [1.807, 2.05) is 24.3 Å². The van der Waals surface area contributed by atoms with Crippen LogP contribution in [-0.4, -0.2) is 6.54 Å². The van der Waals surface area contributed by atoms with Crippen molar-refractivity contribution < 1.29 is 4.39 Å². The summed E-state index contributed by atoms with van der Waals surface area (Å²) in [5, 5.41) is 0. The Morgan fingerprint density at radius 2 is 1.67 bits per heavy atom. The lowest BCUT2D eigenvalue weighted by Crippen LogP contribution is -2.00. The number of hydrogen-bond acceptors (Lipinski definition) is 1. The van der Waals surface area contributed by atoms with Crippen LogP contribution in [0.3, 0.4) is 0 Å². The van der Waals surface area contributed by atoms with Crippen molar-refractivity contribution in [2.45, 2.75) is 19.5 Å². The monoisotopic (exact) mass is 167 g/mol. The largest absolute Gasteiger partial charge is 0.330 e. The van der Waals surface area contributed by atoms with E-state index < -0.39 is 0 Å². The van der Waals surface area contributed by atoms with Crippen LogP contribution in [0, 0.1) is 0 Å². The van der Waals surface area contributed by atoms with Gasteiger partial charge in [-0.05, 0) is 30.5 Å². The predicted octanol–water partition coefficient (Wildman–Crippen LogP) is 2.05. The van der Waals surface area contributed by atoms with E-state index in [0.717, 1.165) is 18.4 Å². The molecule has 1 rings (SSSR count). The molecule has 0 unspecified atom stereocenters. The fourth-order valence-electron chi connectivity index (χ4n) is 1.10. The first-order valence-electron chi connectivity index (χ1n) is 4.20. The van der Waals surface area contributed by atoms with Crippen molar-refractivity contribution in [3.05, 3.63) is 35.4 Å². The molecule has 0 aromatic heterocycles. The van der Waals surface area contributed by atoms with Gasteiger partial charge in [-0.1, -0.05) is 24.3 Å². The lowest BCUT2D eigenvalue weighted by molar-refractivity contribution is 0.485. The van der Waals surface area contributed by atoms with Crippen molar-refractivity contribution in [1.82, 2.24) is 0 Å². The van der Waals surface area contributed by atoms with Crippen LogP contribution in [0.15, 0.2) is 24.3 Å². The Kier molecular flexibility index (Phi) is 3.74. The zero-order valence-corrected chi connectivity index (χ0v) is 7.09. The summed E-state index contributed by atoms with van der Waals surface area (Å²) in [6, 6.07) is 7.58. The molecule has 1 nitrogen and oxygen atoms in total. The molecule has 0 aliphatic carbocycles. The Balaban J connectivity index is 2.53. The van der Waals surface area contributed by atoms with E-state index in [0.29, 0.717) is 6.54 Å². The summed E-state index contributed by atoms with van der Waals surface area (Å²) in [5.41, 5.74) is 7.35. The fraction of sp³-hybridized carbons (Fsp3) is 0.400. The van der Waals surface area contributed by atoms with Gasteiger partial charge in [0.15, 0.2) is 0 Å². The molecule has 66 valence electrons. The minimum absolute atomic E-state index is 0.378. The number of aryl methyl sites for hydroxylation is 1. The lowest BCUT2D eigenvalue weighted by atomic mass is 10.1. The Morgan fingerprint density at radius 1 is 1.08 bits per heavy atom. The van der Waals surface area contributed by atoms with Crippen LogP contribution in [0.2, 0.25) is 0 Å². The molecule has 0 aliphatic rings. The fourth-order valence-corrected chi connectivity index (χ4v) is 1.10. The normalized spacial score (nSPS) is 10.2. The van der Waals surface area contributed by atoms with Gasteiger partial charge >= 0.3 is 0 Å². The first kappa shape index (κ1) is 9.20. The van der Waals surface area contributed by atoms with Gasteiger partial charge in [0.05, 0.1) is 0 Å². The van der Waals surface area contributed by atoms with Crippen molar-refractivity contribution in [2.24, 2.45) is 5.73 Å². The van der Waals surface area contributed by atoms with E-state index >= 15 is 0 Å². The quantitative estimate of drug-likeness (QED) is 0.729.